The van der Waals surface area contributed by atoms with E-state index in [1.165, 1.54) is 18.2 Å². The van der Waals surface area contributed by atoms with Crippen molar-refractivity contribution in [3.05, 3.63) is 62.6 Å². The highest BCUT2D eigenvalue weighted by Crippen LogP contribution is 2.65. The van der Waals surface area contributed by atoms with Crippen molar-refractivity contribution in [2.24, 2.45) is 5.92 Å². The second kappa shape index (κ2) is 8.85. The average Bonchev–Trinajstić information content (AvgIpc) is 3.19. The second-order valence-corrected chi connectivity index (χ2v) is 10.1. The van der Waals surface area contributed by atoms with Crippen molar-refractivity contribution in [3.8, 4) is 0 Å². The summed E-state index contributed by atoms with van der Waals surface area (Å²) in [7, 11) is 0. The van der Waals surface area contributed by atoms with E-state index >= 15 is 0 Å². The minimum absolute atomic E-state index is 0.0412. The molecule has 1 heterocycles. The molecule has 1 saturated heterocycles. The lowest BCUT2D eigenvalue weighted by atomic mass is 10.1. The molecule has 1 aliphatic heterocycles. The maximum absolute atomic E-state index is 12.9. The predicted octanol–water partition coefficient (Wildman–Crippen LogP) is 4.37. The fourth-order valence-corrected chi connectivity index (χ4v) is 5.09. The van der Waals surface area contributed by atoms with Crippen LogP contribution in [0.15, 0.2) is 36.4 Å². The van der Waals surface area contributed by atoms with Crippen molar-refractivity contribution < 1.29 is 19.2 Å². The van der Waals surface area contributed by atoms with E-state index in [2.05, 4.69) is 16.1 Å². The standard InChI is InChI=1S/C20H13Cl5N4O4/c21-9-3-8(4-10(22)5-9)15-16(20(15,24)25)18(32)27-11-1-2-13(23)12(6-11)17(31)28-29-14(30)7-26-19(29)33/h1-6,15-16H,7H2,(H,26,33)(H,27,32)(H,28,31). The van der Waals surface area contributed by atoms with Gasteiger partial charge in [-0.15, -0.1) is 23.2 Å². The van der Waals surface area contributed by atoms with Crippen LogP contribution in [0.1, 0.15) is 21.8 Å². The number of amides is 5. The van der Waals surface area contributed by atoms with Crippen molar-refractivity contribution in [2.75, 3.05) is 11.9 Å². The van der Waals surface area contributed by atoms with Gasteiger partial charge in [0.05, 0.1) is 16.5 Å². The van der Waals surface area contributed by atoms with Gasteiger partial charge in [0.25, 0.3) is 11.8 Å². The number of nitrogens with zero attached hydrogens (tertiary/aromatic N) is 1. The van der Waals surface area contributed by atoms with Crippen LogP contribution in [-0.4, -0.2) is 39.6 Å². The minimum Gasteiger partial charge on any atom is -0.327 e. The van der Waals surface area contributed by atoms with E-state index in [-0.39, 0.29) is 22.8 Å². The normalized spacial score (nSPS) is 20.9. The summed E-state index contributed by atoms with van der Waals surface area (Å²) in [5, 5.41) is 6.27. The average molecular weight is 551 g/mol. The van der Waals surface area contributed by atoms with E-state index in [1.807, 2.05) is 0 Å². The molecule has 13 heteroatoms. The van der Waals surface area contributed by atoms with E-state index in [4.69, 9.17) is 58.0 Å². The Kier molecular flexibility index (Phi) is 6.41. The number of hydrazine groups is 1. The van der Waals surface area contributed by atoms with Crippen LogP contribution in [0.4, 0.5) is 10.5 Å². The van der Waals surface area contributed by atoms with Gasteiger partial charge in [-0.2, -0.15) is 5.01 Å². The number of halogens is 5. The fraction of sp³-hybridized carbons (Fsp3) is 0.200. The van der Waals surface area contributed by atoms with Crippen LogP contribution in [0, 0.1) is 5.92 Å². The van der Waals surface area contributed by atoms with Gasteiger partial charge in [0.15, 0.2) is 0 Å². The lowest BCUT2D eigenvalue weighted by molar-refractivity contribution is -0.126. The molecular formula is C20H13Cl5N4O4. The molecule has 0 bridgehead atoms. The Morgan fingerprint density at radius 3 is 2.30 bits per heavy atom. The molecule has 1 saturated carbocycles. The van der Waals surface area contributed by atoms with Crippen molar-refractivity contribution in [3.63, 3.8) is 0 Å². The van der Waals surface area contributed by atoms with Crippen molar-refractivity contribution in [1.29, 1.82) is 0 Å². The first kappa shape index (κ1) is 23.9. The van der Waals surface area contributed by atoms with Gasteiger partial charge in [-0.1, -0.05) is 34.8 Å². The first-order chi connectivity index (χ1) is 15.5. The number of anilines is 1. The minimum atomic E-state index is -1.38. The smallest absolute Gasteiger partial charge is 0.327 e. The number of alkyl halides is 2. The number of benzene rings is 2. The quantitative estimate of drug-likeness (QED) is 0.380. The van der Waals surface area contributed by atoms with Gasteiger partial charge in [0.1, 0.15) is 10.9 Å². The number of hydrogen-bond acceptors (Lipinski definition) is 4. The summed E-state index contributed by atoms with van der Waals surface area (Å²) in [6, 6.07) is 8.20. The number of nitrogens with one attached hydrogen (secondary N) is 3. The lowest BCUT2D eigenvalue weighted by Gasteiger charge is -2.15. The largest absolute Gasteiger partial charge is 0.343 e. The summed E-state index contributed by atoms with van der Waals surface area (Å²) < 4.78 is -1.38. The molecule has 8 nitrogen and oxygen atoms in total. The van der Waals surface area contributed by atoms with E-state index in [0.717, 1.165) is 0 Å². The molecule has 2 fully saturated rings. The Morgan fingerprint density at radius 2 is 1.70 bits per heavy atom. The van der Waals surface area contributed by atoms with E-state index in [9.17, 15) is 19.2 Å². The van der Waals surface area contributed by atoms with E-state index in [1.54, 1.807) is 18.2 Å². The number of imide groups is 1. The number of hydrogen-bond donors (Lipinski definition) is 3. The number of rotatable bonds is 5. The third-order valence-electron chi connectivity index (χ3n) is 5.12. The van der Waals surface area contributed by atoms with Gasteiger partial charge >= 0.3 is 6.03 Å². The van der Waals surface area contributed by atoms with Crippen LogP contribution < -0.4 is 16.1 Å². The molecule has 4 rings (SSSR count). The molecular weight excluding hydrogens is 538 g/mol. The molecule has 2 aromatic rings. The highest BCUT2D eigenvalue weighted by Gasteiger charge is 2.67. The maximum atomic E-state index is 12.9. The van der Waals surface area contributed by atoms with Gasteiger partial charge in [-0.05, 0) is 42.0 Å². The van der Waals surface area contributed by atoms with Crippen LogP contribution in [0.3, 0.4) is 0 Å². The van der Waals surface area contributed by atoms with Gasteiger partial charge in [-0.3, -0.25) is 19.8 Å². The number of urea groups is 1. The molecule has 2 aromatic carbocycles. The molecule has 2 aliphatic rings. The lowest BCUT2D eigenvalue weighted by Crippen LogP contribution is -2.46. The van der Waals surface area contributed by atoms with Crippen LogP contribution in [0.25, 0.3) is 0 Å². The molecule has 33 heavy (non-hydrogen) atoms. The SMILES string of the molecule is O=C(NN1C(=O)CNC1=O)c1cc(NC(=O)C2C(c3cc(Cl)cc(Cl)c3)C2(Cl)Cl)ccc1Cl. The molecule has 5 amide bonds. The summed E-state index contributed by atoms with van der Waals surface area (Å²) in [4.78, 5) is 48.7. The van der Waals surface area contributed by atoms with Crippen molar-refractivity contribution in [2.45, 2.75) is 10.3 Å². The summed E-state index contributed by atoms with van der Waals surface area (Å²) in [5.74, 6) is -3.30. The van der Waals surface area contributed by atoms with Gasteiger partial charge in [0.2, 0.25) is 5.91 Å². The Bertz CT molecular complexity index is 1170. The molecule has 1 aliphatic carbocycles. The van der Waals surface area contributed by atoms with E-state index < -0.39 is 39.9 Å². The van der Waals surface area contributed by atoms with Gasteiger partial charge in [-0.25, -0.2) is 4.79 Å². The first-order valence-corrected chi connectivity index (χ1v) is 11.2. The monoisotopic (exact) mass is 548 g/mol. The maximum Gasteiger partial charge on any atom is 0.343 e. The van der Waals surface area contributed by atoms with Crippen LogP contribution in [0.2, 0.25) is 15.1 Å². The first-order valence-electron chi connectivity index (χ1n) is 9.35. The highest BCUT2D eigenvalue weighted by molar-refractivity contribution is 6.53. The van der Waals surface area contributed by atoms with Crippen LogP contribution in [-0.2, 0) is 9.59 Å². The Labute approximate surface area is 212 Å². The Balaban J connectivity index is 1.50. The molecule has 172 valence electrons. The van der Waals surface area contributed by atoms with E-state index in [0.29, 0.717) is 20.6 Å². The molecule has 3 N–H and O–H groups in total. The van der Waals surface area contributed by atoms with Crippen molar-refractivity contribution >= 4 is 87.4 Å². The van der Waals surface area contributed by atoms with Crippen molar-refractivity contribution in [1.82, 2.24) is 15.8 Å². The third kappa shape index (κ3) is 4.72. The van der Waals surface area contributed by atoms with Crippen LogP contribution in [0.5, 0.6) is 0 Å². The zero-order valence-corrected chi connectivity index (χ0v) is 20.1. The molecule has 0 aromatic heterocycles. The zero-order valence-electron chi connectivity index (χ0n) is 16.3. The molecule has 2 unspecified atom stereocenters. The summed E-state index contributed by atoms with van der Waals surface area (Å²) in [6.07, 6.45) is 0. The number of carbonyl (C=O) groups excluding carboxylic acids is 4. The number of carbonyl (C=O) groups is 4. The topological polar surface area (TPSA) is 108 Å². The molecule has 2 atom stereocenters. The predicted molar refractivity (Wildman–Crippen MR) is 125 cm³/mol. The fourth-order valence-electron chi connectivity index (χ4n) is 3.52. The second-order valence-electron chi connectivity index (χ2n) is 7.35. The Morgan fingerprint density at radius 1 is 1.03 bits per heavy atom. The van der Waals surface area contributed by atoms with Gasteiger partial charge in [0, 0.05) is 21.7 Å². The van der Waals surface area contributed by atoms with Crippen LogP contribution >= 0.6 is 58.0 Å². The Hall–Kier alpha value is -2.23. The zero-order chi connectivity index (χ0) is 24.1. The third-order valence-corrected chi connectivity index (χ3v) is 6.82. The summed E-state index contributed by atoms with van der Waals surface area (Å²) >= 11 is 30.9. The highest BCUT2D eigenvalue weighted by atomic mass is 35.5. The molecule has 0 spiro atoms. The summed E-state index contributed by atoms with van der Waals surface area (Å²) in [6.45, 7) is -0.234. The van der Waals surface area contributed by atoms with Gasteiger partial charge < -0.3 is 10.6 Å². The summed E-state index contributed by atoms with van der Waals surface area (Å²) in [5.41, 5.74) is 2.94. The molecule has 0 radical (unpaired) electrons.